The largest absolute Gasteiger partial charge is 0.342 e. The lowest BCUT2D eigenvalue weighted by molar-refractivity contribution is -0.150. The molecule has 29 heavy (non-hydrogen) atoms. The zero-order valence-electron chi connectivity index (χ0n) is 16.8. The van der Waals surface area contributed by atoms with E-state index in [1.807, 2.05) is 50.2 Å². The Hall–Kier alpha value is -2.76. The summed E-state index contributed by atoms with van der Waals surface area (Å²) < 4.78 is 27.4. The van der Waals surface area contributed by atoms with E-state index in [4.69, 9.17) is 0 Å². The van der Waals surface area contributed by atoms with Gasteiger partial charge in [0.05, 0.1) is 6.04 Å². The molecule has 6 heteroatoms. The highest BCUT2D eigenvalue weighted by atomic mass is 19.3. The van der Waals surface area contributed by atoms with Gasteiger partial charge in [0.1, 0.15) is 0 Å². The van der Waals surface area contributed by atoms with Crippen LogP contribution in [-0.4, -0.2) is 53.2 Å². The molecule has 1 saturated heterocycles. The van der Waals surface area contributed by atoms with Gasteiger partial charge in [-0.15, -0.1) is 0 Å². The van der Waals surface area contributed by atoms with Crippen molar-refractivity contribution in [2.45, 2.75) is 32.2 Å². The van der Waals surface area contributed by atoms with Crippen molar-refractivity contribution in [1.82, 2.24) is 9.80 Å². The van der Waals surface area contributed by atoms with E-state index >= 15 is 0 Å². The van der Waals surface area contributed by atoms with Crippen LogP contribution in [0.2, 0.25) is 0 Å². The summed E-state index contributed by atoms with van der Waals surface area (Å²) in [6.45, 7) is 7.86. The Morgan fingerprint density at radius 2 is 1.93 bits per heavy atom. The van der Waals surface area contributed by atoms with Crippen molar-refractivity contribution < 1.29 is 18.4 Å². The van der Waals surface area contributed by atoms with Gasteiger partial charge in [0, 0.05) is 25.2 Å². The summed E-state index contributed by atoms with van der Waals surface area (Å²) in [6.07, 6.45) is 0.847. The highest BCUT2D eigenvalue weighted by molar-refractivity contribution is 5.99. The number of likely N-dealkylation sites (tertiary alicyclic amines) is 1. The van der Waals surface area contributed by atoms with Crippen LogP contribution in [0, 0.1) is 5.92 Å². The average molecular weight is 400 g/mol. The second-order valence-electron chi connectivity index (χ2n) is 7.93. The quantitative estimate of drug-likeness (QED) is 0.676. The van der Waals surface area contributed by atoms with E-state index in [0.717, 1.165) is 15.7 Å². The highest BCUT2D eigenvalue weighted by Gasteiger charge is 2.43. The molecule has 3 rings (SSSR count). The normalized spacial score (nSPS) is 17.0. The first-order valence-electron chi connectivity index (χ1n) is 9.83. The molecule has 1 atom stereocenters. The molecule has 0 bridgehead atoms. The van der Waals surface area contributed by atoms with Crippen LogP contribution in [0.4, 0.5) is 8.78 Å². The standard InChI is InChI=1S/C23H26F2N2O2/c1-4-23(24,25)22(29)26-12-11-20(15-26)27(14-16(2)3)21(28)19-10-9-17-7-5-6-8-18(17)13-19/h4-10,13,16,20H,1,11-12,14-15H2,2-3H3/t20-/m0/s1. The van der Waals surface area contributed by atoms with Gasteiger partial charge in [-0.05, 0) is 41.3 Å². The monoisotopic (exact) mass is 400 g/mol. The highest BCUT2D eigenvalue weighted by Crippen LogP contribution is 2.26. The van der Waals surface area contributed by atoms with Gasteiger partial charge in [0.15, 0.2) is 0 Å². The summed E-state index contributed by atoms with van der Waals surface area (Å²) in [5.41, 5.74) is 0.561. The van der Waals surface area contributed by atoms with Crippen LogP contribution in [0.25, 0.3) is 10.8 Å². The van der Waals surface area contributed by atoms with Crippen molar-refractivity contribution in [3.63, 3.8) is 0 Å². The van der Waals surface area contributed by atoms with Gasteiger partial charge in [0.25, 0.3) is 11.8 Å². The molecule has 2 amide bonds. The fourth-order valence-corrected chi connectivity index (χ4v) is 3.76. The van der Waals surface area contributed by atoms with Crippen molar-refractivity contribution >= 4 is 22.6 Å². The summed E-state index contributed by atoms with van der Waals surface area (Å²) >= 11 is 0. The number of amides is 2. The molecule has 0 aromatic heterocycles. The van der Waals surface area contributed by atoms with Crippen molar-refractivity contribution in [1.29, 1.82) is 0 Å². The Labute approximate surface area is 169 Å². The minimum absolute atomic E-state index is 0.105. The molecule has 1 aliphatic heterocycles. The smallest absolute Gasteiger partial charge is 0.335 e. The van der Waals surface area contributed by atoms with E-state index in [0.29, 0.717) is 24.6 Å². The number of rotatable bonds is 6. The van der Waals surface area contributed by atoms with E-state index < -0.39 is 11.8 Å². The van der Waals surface area contributed by atoms with Gasteiger partial charge in [-0.25, -0.2) is 0 Å². The van der Waals surface area contributed by atoms with E-state index in [9.17, 15) is 18.4 Å². The van der Waals surface area contributed by atoms with Gasteiger partial charge in [-0.2, -0.15) is 8.78 Å². The summed E-state index contributed by atoms with van der Waals surface area (Å²) in [5, 5.41) is 2.01. The SMILES string of the molecule is C=CC(F)(F)C(=O)N1CC[C@H](N(CC(C)C)C(=O)c2ccc3ccccc3c2)C1. The number of nitrogens with zero attached hydrogens (tertiary/aromatic N) is 2. The maximum absolute atomic E-state index is 13.7. The minimum Gasteiger partial charge on any atom is -0.335 e. The zero-order valence-corrected chi connectivity index (χ0v) is 16.8. The van der Waals surface area contributed by atoms with Gasteiger partial charge in [-0.1, -0.05) is 50.8 Å². The number of halogens is 2. The fourth-order valence-electron chi connectivity index (χ4n) is 3.76. The van der Waals surface area contributed by atoms with Crippen LogP contribution >= 0.6 is 0 Å². The number of alkyl halides is 2. The molecule has 154 valence electrons. The van der Waals surface area contributed by atoms with Gasteiger partial charge < -0.3 is 9.80 Å². The number of hydrogen-bond acceptors (Lipinski definition) is 2. The van der Waals surface area contributed by atoms with E-state index in [2.05, 4.69) is 6.58 Å². The first kappa shape index (κ1) is 21.0. The lowest BCUT2D eigenvalue weighted by Crippen LogP contribution is -2.46. The minimum atomic E-state index is -3.58. The summed E-state index contributed by atoms with van der Waals surface area (Å²) in [6, 6.07) is 13.1. The molecule has 0 saturated carbocycles. The second-order valence-corrected chi connectivity index (χ2v) is 7.93. The first-order valence-corrected chi connectivity index (χ1v) is 9.83. The van der Waals surface area contributed by atoms with Gasteiger partial charge in [0.2, 0.25) is 0 Å². The van der Waals surface area contributed by atoms with Gasteiger partial charge in [-0.3, -0.25) is 9.59 Å². The van der Waals surface area contributed by atoms with Crippen LogP contribution in [0.15, 0.2) is 55.1 Å². The van der Waals surface area contributed by atoms with Crippen LogP contribution in [-0.2, 0) is 4.79 Å². The average Bonchev–Trinajstić information content (AvgIpc) is 3.20. The molecular weight excluding hydrogens is 374 g/mol. The predicted octanol–water partition coefficient (Wildman–Crippen LogP) is 4.36. The second kappa shape index (κ2) is 8.31. The zero-order chi connectivity index (χ0) is 21.2. The van der Waals surface area contributed by atoms with E-state index in [1.54, 1.807) is 11.0 Å². The lowest BCUT2D eigenvalue weighted by atomic mass is 10.0. The molecule has 0 N–H and O–H groups in total. The fraction of sp³-hybridized carbons (Fsp3) is 0.391. The molecule has 0 radical (unpaired) electrons. The van der Waals surface area contributed by atoms with Crippen LogP contribution in [0.5, 0.6) is 0 Å². The molecule has 0 aliphatic carbocycles. The molecule has 2 aromatic rings. The Morgan fingerprint density at radius 1 is 1.24 bits per heavy atom. The summed E-state index contributed by atoms with van der Waals surface area (Å²) in [7, 11) is 0. The number of carbonyl (C=O) groups is 2. The number of hydrogen-bond donors (Lipinski definition) is 0. The van der Waals surface area contributed by atoms with Crippen molar-refractivity contribution in [3.8, 4) is 0 Å². The third-order valence-electron chi connectivity index (χ3n) is 5.25. The maximum atomic E-state index is 13.7. The molecule has 1 fully saturated rings. The molecule has 2 aromatic carbocycles. The maximum Gasteiger partial charge on any atom is 0.342 e. The Morgan fingerprint density at radius 3 is 2.59 bits per heavy atom. The molecular formula is C23H26F2N2O2. The van der Waals surface area contributed by atoms with Crippen LogP contribution in [0.1, 0.15) is 30.6 Å². The summed E-state index contributed by atoms with van der Waals surface area (Å²) in [4.78, 5) is 28.2. The van der Waals surface area contributed by atoms with E-state index in [1.165, 1.54) is 0 Å². The van der Waals surface area contributed by atoms with Crippen LogP contribution in [0.3, 0.4) is 0 Å². The topological polar surface area (TPSA) is 40.6 Å². The molecule has 4 nitrogen and oxygen atoms in total. The molecule has 0 spiro atoms. The summed E-state index contributed by atoms with van der Waals surface area (Å²) in [5.74, 6) is -4.77. The molecule has 0 unspecified atom stereocenters. The third-order valence-corrected chi connectivity index (χ3v) is 5.25. The predicted molar refractivity (Wildman–Crippen MR) is 110 cm³/mol. The number of carbonyl (C=O) groups excluding carboxylic acids is 2. The van der Waals surface area contributed by atoms with Crippen LogP contribution < -0.4 is 0 Å². The number of benzene rings is 2. The molecule has 1 heterocycles. The number of fused-ring (bicyclic) bond motifs is 1. The first-order chi connectivity index (χ1) is 13.7. The Bertz CT molecular complexity index is 926. The Balaban J connectivity index is 1.83. The Kier molecular flexibility index (Phi) is 6.01. The van der Waals surface area contributed by atoms with Crippen molar-refractivity contribution in [2.75, 3.05) is 19.6 Å². The van der Waals surface area contributed by atoms with Crippen molar-refractivity contribution in [3.05, 3.63) is 60.7 Å². The van der Waals surface area contributed by atoms with E-state index in [-0.39, 0.29) is 31.0 Å². The third kappa shape index (κ3) is 4.47. The van der Waals surface area contributed by atoms with Crippen molar-refractivity contribution in [2.24, 2.45) is 5.92 Å². The lowest BCUT2D eigenvalue weighted by Gasteiger charge is -2.31. The van der Waals surface area contributed by atoms with Gasteiger partial charge >= 0.3 is 5.92 Å². The molecule has 1 aliphatic rings.